The van der Waals surface area contributed by atoms with Gasteiger partial charge in [-0.15, -0.1) is 0 Å². The lowest BCUT2D eigenvalue weighted by atomic mass is 10.3. The van der Waals surface area contributed by atoms with Gasteiger partial charge in [0.05, 0.1) is 5.85 Å². The Morgan fingerprint density at radius 1 is 0.692 bits per heavy atom. The summed E-state index contributed by atoms with van der Waals surface area (Å²) in [7, 11) is -0.455. The van der Waals surface area contributed by atoms with Crippen LogP contribution in [0.3, 0.4) is 0 Å². The first-order valence-electron chi connectivity index (χ1n) is 10.2. The third kappa shape index (κ3) is 8.97. The second-order valence-corrected chi connectivity index (χ2v) is 9.07. The first-order chi connectivity index (χ1) is 12.7. The monoisotopic (exact) mass is 372 g/mol. The van der Waals surface area contributed by atoms with Crippen LogP contribution in [-0.2, 0) is 4.74 Å². The number of unbranched alkanes of at least 4 members (excludes halogenated alkanes) is 4. The SMILES string of the molecule is CCCCC.CCCCCOC(C)P(c1ccccc1)c1ccccc1. The Kier molecular flexibility index (Phi) is 13.1. The van der Waals surface area contributed by atoms with Crippen LogP contribution in [0.2, 0.25) is 0 Å². The van der Waals surface area contributed by atoms with Crippen LogP contribution in [0.5, 0.6) is 0 Å². The molecule has 2 heteroatoms. The van der Waals surface area contributed by atoms with E-state index in [1.54, 1.807) is 0 Å². The van der Waals surface area contributed by atoms with E-state index in [0.717, 1.165) is 13.0 Å². The lowest BCUT2D eigenvalue weighted by Crippen LogP contribution is -2.22. The molecule has 2 aromatic carbocycles. The molecule has 144 valence electrons. The Labute approximate surface area is 162 Å². The van der Waals surface area contributed by atoms with E-state index in [0.29, 0.717) is 0 Å². The van der Waals surface area contributed by atoms with Gasteiger partial charge in [0.2, 0.25) is 0 Å². The Hall–Kier alpha value is -1.17. The average Bonchev–Trinajstić information content (AvgIpc) is 2.68. The maximum atomic E-state index is 6.14. The molecule has 0 aliphatic heterocycles. The van der Waals surface area contributed by atoms with E-state index in [9.17, 15) is 0 Å². The molecule has 1 nitrogen and oxygen atoms in total. The molecule has 1 unspecified atom stereocenters. The molecule has 2 rings (SSSR count). The van der Waals surface area contributed by atoms with E-state index in [-0.39, 0.29) is 5.85 Å². The number of benzene rings is 2. The number of ether oxygens (including phenoxy) is 1. The first-order valence-corrected chi connectivity index (χ1v) is 11.7. The van der Waals surface area contributed by atoms with Crippen molar-refractivity contribution in [2.75, 3.05) is 6.61 Å². The summed E-state index contributed by atoms with van der Waals surface area (Å²) in [5.41, 5.74) is 0. The lowest BCUT2D eigenvalue weighted by molar-refractivity contribution is 0.117. The molecule has 0 aliphatic rings. The minimum atomic E-state index is -0.455. The van der Waals surface area contributed by atoms with Crippen molar-refractivity contribution >= 4 is 18.5 Å². The molecule has 2 aromatic rings. The molecule has 0 aromatic heterocycles. The molecule has 0 aliphatic carbocycles. The van der Waals surface area contributed by atoms with Crippen molar-refractivity contribution in [1.82, 2.24) is 0 Å². The van der Waals surface area contributed by atoms with Crippen LogP contribution < -0.4 is 10.6 Å². The molecular formula is C24H37OP. The van der Waals surface area contributed by atoms with Gasteiger partial charge in [-0.3, -0.25) is 0 Å². The molecule has 0 fully saturated rings. The molecule has 0 bridgehead atoms. The van der Waals surface area contributed by atoms with Crippen LogP contribution in [0, 0.1) is 0 Å². The highest BCUT2D eigenvalue weighted by atomic mass is 31.1. The normalized spacial score (nSPS) is 11.7. The summed E-state index contributed by atoms with van der Waals surface area (Å²) in [6, 6.07) is 21.6. The summed E-state index contributed by atoms with van der Waals surface area (Å²) in [4.78, 5) is 0. The summed E-state index contributed by atoms with van der Waals surface area (Å²) in [5, 5.41) is 2.78. The summed E-state index contributed by atoms with van der Waals surface area (Å²) < 4.78 is 6.14. The topological polar surface area (TPSA) is 9.23 Å². The van der Waals surface area contributed by atoms with Crippen LogP contribution in [0.1, 0.15) is 66.2 Å². The highest BCUT2D eigenvalue weighted by Crippen LogP contribution is 2.39. The average molecular weight is 373 g/mol. The van der Waals surface area contributed by atoms with E-state index >= 15 is 0 Å². The van der Waals surface area contributed by atoms with Crippen LogP contribution >= 0.6 is 7.92 Å². The van der Waals surface area contributed by atoms with Gasteiger partial charge in [0.1, 0.15) is 0 Å². The highest BCUT2D eigenvalue weighted by Gasteiger charge is 2.21. The Morgan fingerprint density at radius 2 is 1.15 bits per heavy atom. The van der Waals surface area contributed by atoms with Gasteiger partial charge < -0.3 is 4.74 Å². The minimum Gasteiger partial charge on any atom is -0.373 e. The van der Waals surface area contributed by atoms with Gasteiger partial charge in [0.25, 0.3) is 0 Å². The van der Waals surface area contributed by atoms with Crippen LogP contribution in [-0.4, -0.2) is 12.5 Å². The van der Waals surface area contributed by atoms with Gasteiger partial charge in [-0.2, -0.15) is 0 Å². The smallest absolute Gasteiger partial charge is 0.0820 e. The van der Waals surface area contributed by atoms with E-state index in [2.05, 4.69) is 88.4 Å². The zero-order chi connectivity index (χ0) is 19.0. The fourth-order valence-electron chi connectivity index (χ4n) is 2.78. The molecule has 1 atom stereocenters. The molecule has 0 N–H and O–H groups in total. The number of hydrogen-bond acceptors (Lipinski definition) is 1. The van der Waals surface area contributed by atoms with Crippen molar-refractivity contribution in [3.8, 4) is 0 Å². The van der Waals surface area contributed by atoms with Gasteiger partial charge in [-0.25, -0.2) is 0 Å². The predicted molar refractivity (Wildman–Crippen MR) is 119 cm³/mol. The first kappa shape index (κ1) is 22.9. The highest BCUT2D eigenvalue weighted by molar-refractivity contribution is 7.73. The van der Waals surface area contributed by atoms with Crippen LogP contribution in [0.25, 0.3) is 0 Å². The summed E-state index contributed by atoms with van der Waals surface area (Å²) in [6.45, 7) is 9.74. The second kappa shape index (κ2) is 14.9. The third-order valence-electron chi connectivity index (χ3n) is 4.25. The van der Waals surface area contributed by atoms with Gasteiger partial charge >= 0.3 is 0 Å². The summed E-state index contributed by atoms with van der Waals surface area (Å²) in [5.74, 6) is 0.252. The van der Waals surface area contributed by atoms with Crippen molar-refractivity contribution in [2.24, 2.45) is 0 Å². The molecule has 0 saturated carbocycles. The number of rotatable bonds is 10. The van der Waals surface area contributed by atoms with Gasteiger partial charge in [-0.1, -0.05) is 114 Å². The molecule has 0 saturated heterocycles. The van der Waals surface area contributed by atoms with Crippen LogP contribution in [0.15, 0.2) is 60.7 Å². The second-order valence-electron chi connectivity index (χ2n) is 6.57. The fourth-order valence-corrected chi connectivity index (χ4v) is 5.16. The van der Waals surface area contributed by atoms with Gasteiger partial charge in [0.15, 0.2) is 0 Å². The van der Waals surface area contributed by atoms with Gasteiger partial charge in [0, 0.05) is 6.61 Å². The van der Waals surface area contributed by atoms with E-state index in [1.807, 2.05) is 0 Å². The maximum absolute atomic E-state index is 6.14. The quantitative estimate of drug-likeness (QED) is 0.327. The summed E-state index contributed by atoms with van der Waals surface area (Å²) >= 11 is 0. The Balaban J connectivity index is 0.000000597. The molecule has 0 amide bonds. The molecule has 0 heterocycles. The Morgan fingerprint density at radius 3 is 1.54 bits per heavy atom. The van der Waals surface area contributed by atoms with Crippen molar-refractivity contribution in [3.05, 3.63) is 60.7 Å². The predicted octanol–water partition coefficient (Wildman–Crippen LogP) is 6.87. The van der Waals surface area contributed by atoms with Gasteiger partial charge in [-0.05, 0) is 31.9 Å². The third-order valence-corrected chi connectivity index (χ3v) is 6.83. The molecule has 26 heavy (non-hydrogen) atoms. The molecule has 0 spiro atoms. The zero-order valence-electron chi connectivity index (χ0n) is 17.2. The zero-order valence-corrected chi connectivity index (χ0v) is 18.1. The van der Waals surface area contributed by atoms with E-state index in [1.165, 1.54) is 42.7 Å². The van der Waals surface area contributed by atoms with Crippen molar-refractivity contribution in [1.29, 1.82) is 0 Å². The number of hydrogen-bond donors (Lipinski definition) is 0. The molecular weight excluding hydrogens is 335 g/mol. The van der Waals surface area contributed by atoms with Crippen molar-refractivity contribution in [3.63, 3.8) is 0 Å². The van der Waals surface area contributed by atoms with Crippen molar-refractivity contribution in [2.45, 2.75) is 72.1 Å². The molecule has 0 radical (unpaired) electrons. The van der Waals surface area contributed by atoms with Crippen LogP contribution in [0.4, 0.5) is 0 Å². The standard InChI is InChI=1S/C19H25OP.C5H12/c1-3-4-11-16-20-17(2)21(18-12-7-5-8-13-18)19-14-9-6-10-15-19;1-3-5-4-2/h5-10,12-15,17H,3-4,11,16H2,1-2H3;3-5H2,1-2H3. The van der Waals surface area contributed by atoms with E-state index < -0.39 is 7.92 Å². The lowest BCUT2D eigenvalue weighted by Gasteiger charge is -2.25. The Bertz CT molecular complexity index is 499. The van der Waals surface area contributed by atoms with E-state index in [4.69, 9.17) is 4.74 Å². The van der Waals surface area contributed by atoms with Crippen molar-refractivity contribution < 1.29 is 4.74 Å². The largest absolute Gasteiger partial charge is 0.373 e. The maximum Gasteiger partial charge on any atom is 0.0820 e. The fraction of sp³-hybridized carbons (Fsp3) is 0.500. The minimum absolute atomic E-state index is 0.252. The summed E-state index contributed by atoms with van der Waals surface area (Å²) in [6.07, 6.45) is 7.73.